The van der Waals surface area contributed by atoms with E-state index in [1.807, 2.05) is 37.3 Å². The van der Waals surface area contributed by atoms with Crippen molar-refractivity contribution < 1.29 is 14.6 Å². The number of fused-ring (bicyclic) bond motifs is 1. The topological polar surface area (TPSA) is 54.8 Å². The van der Waals surface area contributed by atoms with Crippen molar-refractivity contribution in [2.24, 2.45) is 11.8 Å². The number of rotatable bonds is 4. The van der Waals surface area contributed by atoms with Gasteiger partial charge in [0.05, 0.1) is 13.2 Å². The Labute approximate surface area is 154 Å². The highest BCUT2D eigenvalue weighted by molar-refractivity contribution is 5.41. The summed E-state index contributed by atoms with van der Waals surface area (Å²) in [5, 5.41) is 10.6. The number of aromatic nitrogens is 1. The predicted molar refractivity (Wildman–Crippen MR) is 101 cm³/mol. The molecule has 0 spiro atoms. The van der Waals surface area contributed by atoms with Gasteiger partial charge in [-0.25, -0.2) is 4.98 Å². The van der Waals surface area contributed by atoms with Gasteiger partial charge in [-0.05, 0) is 55.9 Å². The van der Waals surface area contributed by atoms with Crippen LogP contribution in [0.15, 0.2) is 42.5 Å². The molecule has 1 aromatic heterocycles. The molecule has 4 rings (SSSR count). The van der Waals surface area contributed by atoms with Crippen LogP contribution >= 0.6 is 0 Å². The van der Waals surface area contributed by atoms with Crippen molar-refractivity contribution in [3.8, 4) is 11.5 Å². The zero-order chi connectivity index (χ0) is 18.1. The van der Waals surface area contributed by atoms with Crippen LogP contribution < -0.4 is 14.4 Å². The fraction of sp³-hybridized carbons (Fsp3) is 0.476. The molecule has 1 saturated heterocycles. The smallest absolute Gasteiger partial charge is 0.161 e. The van der Waals surface area contributed by atoms with Crippen LogP contribution in [0.5, 0.6) is 11.5 Å². The molecule has 2 aliphatic rings. The normalized spacial score (nSPS) is 27.9. The summed E-state index contributed by atoms with van der Waals surface area (Å²) in [6.45, 7) is 3.95. The molecule has 5 heteroatoms. The number of aliphatic hydroxyl groups excluding tert-OH is 1. The van der Waals surface area contributed by atoms with E-state index >= 15 is 0 Å². The minimum absolute atomic E-state index is 0.196. The Morgan fingerprint density at radius 3 is 2.46 bits per heavy atom. The van der Waals surface area contributed by atoms with E-state index in [9.17, 15) is 5.11 Å². The lowest BCUT2D eigenvalue weighted by Gasteiger charge is -2.35. The maximum Gasteiger partial charge on any atom is 0.161 e. The minimum atomic E-state index is -0.452. The van der Waals surface area contributed by atoms with Gasteiger partial charge in [-0.15, -0.1) is 0 Å². The van der Waals surface area contributed by atoms with Gasteiger partial charge in [0.15, 0.2) is 11.5 Å². The van der Waals surface area contributed by atoms with Crippen molar-refractivity contribution in [2.75, 3.05) is 25.1 Å². The average Bonchev–Trinajstić information content (AvgIpc) is 3.05. The van der Waals surface area contributed by atoms with Gasteiger partial charge in [0.2, 0.25) is 0 Å². The highest BCUT2D eigenvalue weighted by Crippen LogP contribution is 2.40. The third-order valence-electron chi connectivity index (χ3n) is 5.63. The Hall–Kier alpha value is -2.27. The largest absolute Gasteiger partial charge is 0.493 e. The molecule has 5 nitrogen and oxygen atoms in total. The molecule has 26 heavy (non-hydrogen) atoms. The molecule has 2 aromatic rings. The summed E-state index contributed by atoms with van der Waals surface area (Å²) in [5.41, 5.74) is 1.04. The Kier molecular flexibility index (Phi) is 4.72. The van der Waals surface area contributed by atoms with E-state index in [-0.39, 0.29) is 6.10 Å². The Morgan fingerprint density at radius 1 is 1.00 bits per heavy atom. The summed E-state index contributed by atoms with van der Waals surface area (Å²) < 4.78 is 11.5. The number of para-hydroxylation sites is 2. The molecule has 138 valence electrons. The van der Waals surface area contributed by atoms with Crippen molar-refractivity contribution in [1.82, 2.24) is 4.98 Å². The molecular formula is C21H26N2O3. The number of hydrogen-bond donors (Lipinski definition) is 1. The second-order valence-electron chi connectivity index (χ2n) is 7.41. The van der Waals surface area contributed by atoms with E-state index in [1.165, 1.54) is 0 Å². The third kappa shape index (κ3) is 3.36. The standard InChI is InChI=1S/C21H26N2O3/c1-14-6-5-9-21(22-14)23-12-15-10-17(24)20(11-16(15)13-23)26-19-8-4-3-7-18(19)25-2/h3-9,15-17,20,24H,10-13H2,1-2H3/t15-,16+,17+,20+/m0/s1. The van der Waals surface area contributed by atoms with Crippen molar-refractivity contribution in [2.45, 2.75) is 32.0 Å². The summed E-state index contributed by atoms with van der Waals surface area (Å²) in [7, 11) is 1.64. The highest BCUT2D eigenvalue weighted by Gasteiger charge is 2.43. The number of hydrogen-bond acceptors (Lipinski definition) is 5. The summed E-state index contributed by atoms with van der Waals surface area (Å²) >= 11 is 0. The van der Waals surface area contributed by atoms with Gasteiger partial charge in [0.1, 0.15) is 11.9 Å². The van der Waals surface area contributed by atoms with Crippen LogP contribution in [0, 0.1) is 18.8 Å². The van der Waals surface area contributed by atoms with Gasteiger partial charge < -0.3 is 19.5 Å². The van der Waals surface area contributed by atoms with Gasteiger partial charge in [-0.3, -0.25) is 0 Å². The van der Waals surface area contributed by atoms with Crippen molar-refractivity contribution in [3.63, 3.8) is 0 Å². The first kappa shape index (κ1) is 17.2. The number of ether oxygens (including phenoxy) is 2. The van der Waals surface area contributed by atoms with Gasteiger partial charge in [0, 0.05) is 18.8 Å². The molecule has 1 aromatic carbocycles. The Balaban J connectivity index is 1.46. The minimum Gasteiger partial charge on any atom is -0.493 e. The zero-order valence-electron chi connectivity index (χ0n) is 15.3. The molecule has 4 atom stereocenters. The van der Waals surface area contributed by atoms with Crippen LogP contribution in [0.25, 0.3) is 0 Å². The molecule has 0 bridgehead atoms. The highest BCUT2D eigenvalue weighted by atomic mass is 16.5. The summed E-state index contributed by atoms with van der Waals surface area (Å²) in [6.07, 6.45) is 0.975. The van der Waals surface area contributed by atoms with E-state index in [0.29, 0.717) is 23.3 Å². The van der Waals surface area contributed by atoms with Crippen LogP contribution in [0.1, 0.15) is 18.5 Å². The Bertz CT molecular complexity index is 766. The van der Waals surface area contributed by atoms with Crippen LogP contribution in [-0.2, 0) is 0 Å². The van der Waals surface area contributed by atoms with E-state index in [0.717, 1.165) is 37.4 Å². The molecule has 0 amide bonds. The molecular weight excluding hydrogens is 328 g/mol. The van der Waals surface area contributed by atoms with Crippen LogP contribution in [0.3, 0.4) is 0 Å². The first-order valence-corrected chi connectivity index (χ1v) is 9.30. The number of aliphatic hydroxyl groups is 1. The summed E-state index contributed by atoms with van der Waals surface area (Å²) in [4.78, 5) is 7.00. The lowest BCUT2D eigenvalue weighted by molar-refractivity contribution is -0.0240. The average molecular weight is 354 g/mol. The maximum atomic E-state index is 10.6. The number of aryl methyl sites for hydroxylation is 1. The Morgan fingerprint density at radius 2 is 1.73 bits per heavy atom. The number of nitrogens with zero attached hydrogens (tertiary/aromatic N) is 2. The predicted octanol–water partition coefficient (Wildman–Crippen LogP) is 3.05. The second kappa shape index (κ2) is 7.16. The number of methoxy groups -OCH3 is 1. The van der Waals surface area contributed by atoms with Crippen LogP contribution in [0.2, 0.25) is 0 Å². The van der Waals surface area contributed by atoms with E-state index in [1.54, 1.807) is 7.11 Å². The molecule has 2 heterocycles. The van der Waals surface area contributed by atoms with E-state index in [2.05, 4.69) is 22.0 Å². The van der Waals surface area contributed by atoms with Gasteiger partial charge in [-0.2, -0.15) is 0 Å². The fourth-order valence-corrected chi connectivity index (χ4v) is 4.29. The molecule has 1 N–H and O–H groups in total. The van der Waals surface area contributed by atoms with Crippen LogP contribution in [0.4, 0.5) is 5.82 Å². The first-order chi connectivity index (χ1) is 12.6. The molecule has 1 aliphatic heterocycles. The second-order valence-corrected chi connectivity index (χ2v) is 7.41. The lowest BCUT2D eigenvalue weighted by atomic mass is 9.78. The van der Waals surface area contributed by atoms with Crippen LogP contribution in [-0.4, -0.2) is 42.5 Å². The van der Waals surface area contributed by atoms with E-state index < -0.39 is 6.10 Å². The van der Waals surface area contributed by atoms with Gasteiger partial charge >= 0.3 is 0 Å². The number of benzene rings is 1. The molecule has 0 unspecified atom stereocenters. The third-order valence-corrected chi connectivity index (χ3v) is 5.63. The molecule has 1 saturated carbocycles. The van der Waals surface area contributed by atoms with E-state index in [4.69, 9.17) is 9.47 Å². The molecule has 2 fully saturated rings. The molecule has 0 radical (unpaired) electrons. The fourth-order valence-electron chi connectivity index (χ4n) is 4.29. The quantitative estimate of drug-likeness (QED) is 0.915. The molecule has 1 aliphatic carbocycles. The SMILES string of the molecule is COc1ccccc1O[C@@H]1C[C@@H]2CN(c3cccc(C)n3)C[C@@H]2C[C@H]1O. The van der Waals surface area contributed by atoms with Gasteiger partial charge in [0.25, 0.3) is 0 Å². The van der Waals surface area contributed by atoms with Crippen molar-refractivity contribution in [3.05, 3.63) is 48.2 Å². The monoisotopic (exact) mass is 354 g/mol. The van der Waals surface area contributed by atoms with Crippen molar-refractivity contribution in [1.29, 1.82) is 0 Å². The zero-order valence-corrected chi connectivity index (χ0v) is 15.3. The van der Waals surface area contributed by atoms with Crippen molar-refractivity contribution >= 4 is 5.82 Å². The number of pyridine rings is 1. The lowest BCUT2D eigenvalue weighted by Crippen LogP contribution is -2.42. The van der Waals surface area contributed by atoms with Gasteiger partial charge in [-0.1, -0.05) is 18.2 Å². The maximum absolute atomic E-state index is 10.6. The summed E-state index contributed by atoms with van der Waals surface area (Å²) in [5.74, 6) is 3.45. The number of anilines is 1. The summed E-state index contributed by atoms with van der Waals surface area (Å²) in [6, 6.07) is 13.8. The first-order valence-electron chi connectivity index (χ1n) is 9.30.